The monoisotopic (exact) mass is 252 g/mol. The van der Waals surface area contributed by atoms with E-state index in [1.807, 2.05) is 0 Å². The Bertz CT molecular complexity index is 465. The van der Waals surface area contributed by atoms with Crippen LogP contribution in [-0.2, 0) is 19.2 Å². The predicted molar refractivity (Wildman–Crippen MR) is 56.1 cm³/mol. The highest BCUT2D eigenvalue weighted by molar-refractivity contribution is 6.48. The summed E-state index contributed by atoms with van der Waals surface area (Å²) in [5.41, 5.74) is 0. The summed E-state index contributed by atoms with van der Waals surface area (Å²) in [4.78, 5) is 43.3. The van der Waals surface area contributed by atoms with E-state index in [0.717, 1.165) is 0 Å². The zero-order chi connectivity index (χ0) is 13.7. The number of rotatable bonds is 6. The van der Waals surface area contributed by atoms with Gasteiger partial charge in [-0.1, -0.05) is 18.2 Å². The minimum absolute atomic E-state index is 0.0201. The molecule has 1 aromatic carbocycles. The van der Waals surface area contributed by atoms with E-state index >= 15 is 0 Å². The SMILES string of the molecule is O=C(O)C(=O)C(Oc1ccccc1)C(=O)C(=O)O. The first-order chi connectivity index (χ1) is 8.43. The third-order valence-electron chi connectivity index (χ3n) is 1.89. The molecule has 94 valence electrons. The molecule has 0 aromatic heterocycles. The number of carboxylic acids is 2. The van der Waals surface area contributed by atoms with Crippen LogP contribution >= 0.6 is 0 Å². The van der Waals surface area contributed by atoms with E-state index in [9.17, 15) is 19.2 Å². The Balaban J connectivity index is 2.99. The maximum Gasteiger partial charge on any atom is 0.376 e. The topological polar surface area (TPSA) is 118 Å². The number of carboxylic acid groups (broad SMARTS) is 2. The molecule has 1 rings (SSSR count). The number of carbonyl (C=O) groups is 4. The second kappa shape index (κ2) is 5.58. The Morgan fingerprint density at radius 1 is 0.889 bits per heavy atom. The molecule has 0 amide bonds. The van der Waals surface area contributed by atoms with E-state index < -0.39 is 29.6 Å². The Kier molecular flexibility index (Phi) is 4.14. The van der Waals surface area contributed by atoms with Crippen LogP contribution in [0.1, 0.15) is 0 Å². The number of ether oxygens (including phenoxy) is 1. The fourth-order valence-corrected chi connectivity index (χ4v) is 1.09. The van der Waals surface area contributed by atoms with Crippen LogP contribution in [0.5, 0.6) is 5.75 Å². The van der Waals surface area contributed by atoms with Crippen LogP contribution in [0.25, 0.3) is 0 Å². The van der Waals surface area contributed by atoms with Gasteiger partial charge in [0.15, 0.2) is 0 Å². The molecule has 0 spiro atoms. The van der Waals surface area contributed by atoms with Crippen molar-refractivity contribution in [1.29, 1.82) is 0 Å². The summed E-state index contributed by atoms with van der Waals surface area (Å²) in [7, 11) is 0. The first kappa shape index (κ1) is 13.4. The minimum atomic E-state index is -2.19. The van der Waals surface area contributed by atoms with E-state index in [2.05, 4.69) is 0 Å². The van der Waals surface area contributed by atoms with Gasteiger partial charge in [0, 0.05) is 0 Å². The molecule has 0 radical (unpaired) electrons. The van der Waals surface area contributed by atoms with E-state index in [-0.39, 0.29) is 5.75 Å². The van der Waals surface area contributed by atoms with Crippen molar-refractivity contribution < 1.29 is 34.1 Å². The van der Waals surface area contributed by atoms with Crippen molar-refractivity contribution in [3.8, 4) is 5.75 Å². The van der Waals surface area contributed by atoms with Crippen LogP contribution in [0.4, 0.5) is 0 Å². The molecule has 2 N–H and O–H groups in total. The number of benzene rings is 1. The van der Waals surface area contributed by atoms with Crippen LogP contribution in [0.3, 0.4) is 0 Å². The minimum Gasteiger partial charge on any atom is -0.475 e. The number of hydrogen-bond donors (Lipinski definition) is 2. The molecule has 18 heavy (non-hydrogen) atoms. The Labute approximate surface area is 101 Å². The molecule has 7 heteroatoms. The van der Waals surface area contributed by atoms with Crippen LogP contribution in [-0.4, -0.2) is 39.8 Å². The average Bonchev–Trinajstić information content (AvgIpc) is 2.35. The summed E-state index contributed by atoms with van der Waals surface area (Å²) in [6.07, 6.45) is -2.19. The van der Waals surface area contributed by atoms with Gasteiger partial charge in [-0.15, -0.1) is 0 Å². The van der Waals surface area contributed by atoms with Crippen molar-refractivity contribution in [1.82, 2.24) is 0 Å². The summed E-state index contributed by atoms with van der Waals surface area (Å²) >= 11 is 0. The first-order valence-corrected chi connectivity index (χ1v) is 4.69. The largest absolute Gasteiger partial charge is 0.475 e. The third-order valence-corrected chi connectivity index (χ3v) is 1.89. The van der Waals surface area contributed by atoms with Gasteiger partial charge in [0.05, 0.1) is 0 Å². The van der Waals surface area contributed by atoms with Gasteiger partial charge in [0.25, 0.3) is 11.6 Å². The third kappa shape index (κ3) is 3.14. The molecular weight excluding hydrogens is 244 g/mol. The maximum atomic E-state index is 11.2. The van der Waals surface area contributed by atoms with Crippen LogP contribution in [0, 0.1) is 0 Å². The lowest BCUT2D eigenvalue weighted by Crippen LogP contribution is -2.43. The fraction of sp³-hybridized carbons (Fsp3) is 0.0909. The van der Waals surface area contributed by atoms with Crippen molar-refractivity contribution in [3.05, 3.63) is 30.3 Å². The van der Waals surface area contributed by atoms with Crippen LogP contribution in [0.2, 0.25) is 0 Å². The summed E-state index contributed by atoms with van der Waals surface area (Å²) in [5.74, 6) is -7.12. The summed E-state index contributed by atoms with van der Waals surface area (Å²) in [5, 5.41) is 17.0. The lowest BCUT2D eigenvalue weighted by Gasteiger charge is -2.12. The van der Waals surface area contributed by atoms with Crippen LogP contribution in [0.15, 0.2) is 30.3 Å². The molecule has 0 aliphatic carbocycles. The second-order valence-electron chi connectivity index (χ2n) is 3.15. The Morgan fingerprint density at radius 2 is 1.33 bits per heavy atom. The van der Waals surface area contributed by atoms with Crippen LogP contribution < -0.4 is 4.74 Å². The molecule has 0 bridgehead atoms. The van der Waals surface area contributed by atoms with E-state index in [4.69, 9.17) is 14.9 Å². The molecule has 7 nitrogen and oxygen atoms in total. The van der Waals surface area contributed by atoms with E-state index in [1.165, 1.54) is 24.3 Å². The maximum absolute atomic E-state index is 11.2. The van der Waals surface area contributed by atoms with E-state index in [0.29, 0.717) is 0 Å². The summed E-state index contributed by atoms with van der Waals surface area (Å²) < 4.78 is 4.80. The smallest absolute Gasteiger partial charge is 0.376 e. The summed E-state index contributed by atoms with van der Waals surface area (Å²) in [6.45, 7) is 0. The van der Waals surface area contributed by atoms with Gasteiger partial charge < -0.3 is 14.9 Å². The van der Waals surface area contributed by atoms with Crippen molar-refractivity contribution in [2.45, 2.75) is 6.10 Å². The molecular formula is C11H8O7. The van der Waals surface area contributed by atoms with E-state index in [1.54, 1.807) is 6.07 Å². The fourth-order valence-electron chi connectivity index (χ4n) is 1.09. The molecule has 0 aliphatic heterocycles. The normalized spacial score (nSPS) is 9.83. The zero-order valence-electron chi connectivity index (χ0n) is 8.90. The number of para-hydroxylation sites is 1. The number of Topliss-reactive ketones (excluding diaryl/α,β-unsaturated/α-hetero) is 2. The van der Waals surface area contributed by atoms with Gasteiger partial charge in [-0.05, 0) is 12.1 Å². The second-order valence-corrected chi connectivity index (χ2v) is 3.15. The van der Waals surface area contributed by atoms with Gasteiger partial charge in [-0.3, -0.25) is 9.59 Å². The number of ketones is 2. The van der Waals surface area contributed by atoms with Gasteiger partial charge in [0.2, 0.25) is 6.10 Å². The molecule has 0 unspecified atom stereocenters. The molecule has 1 aromatic rings. The molecule has 0 saturated carbocycles. The predicted octanol–water partition coefficient (Wildman–Crippen LogP) is -0.259. The van der Waals surface area contributed by atoms with Crippen molar-refractivity contribution in [3.63, 3.8) is 0 Å². The highest BCUT2D eigenvalue weighted by Crippen LogP contribution is 2.12. The van der Waals surface area contributed by atoms with Crippen molar-refractivity contribution in [2.75, 3.05) is 0 Å². The van der Waals surface area contributed by atoms with Gasteiger partial charge in [0.1, 0.15) is 5.75 Å². The Hall–Kier alpha value is -2.70. The lowest BCUT2D eigenvalue weighted by atomic mass is 10.1. The Morgan fingerprint density at radius 3 is 1.72 bits per heavy atom. The average molecular weight is 252 g/mol. The molecule has 0 fully saturated rings. The number of aliphatic carboxylic acids is 2. The quantitative estimate of drug-likeness (QED) is 0.529. The zero-order valence-corrected chi connectivity index (χ0v) is 8.90. The molecule has 0 atom stereocenters. The molecule has 0 heterocycles. The first-order valence-electron chi connectivity index (χ1n) is 4.69. The highest BCUT2D eigenvalue weighted by atomic mass is 16.5. The summed E-state index contributed by atoms with van der Waals surface area (Å²) in [6, 6.07) is 7.38. The van der Waals surface area contributed by atoms with Crippen molar-refractivity contribution in [2.24, 2.45) is 0 Å². The van der Waals surface area contributed by atoms with Gasteiger partial charge >= 0.3 is 11.9 Å². The lowest BCUT2D eigenvalue weighted by molar-refractivity contribution is -0.159. The standard InChI is InChI=1S/C11H8O7/c12-7(10(14)15)9(8(13)11(16)17)18-6-4-2-1-3-5-6/h1-5,9H,(H,14,15)(H,16,17). The van der Waals surface area contributed by atoms with Gasteiger partial charge in [-0.2, -0.15) is 0 Å². The molecule has 0 saturated heterocycles. The highest BCUT2D eigenvalue weighted by Gasteiger charge is 2.37. The van der Waals surface area contributed by atoms with Crippen molar-refractivity contribution >= 4 is 23.5 Å². The number of hydrogen-bond acceptors (Lipinski definition) is 5. The molecule has 0 aliphatic rings. The van der Waals surface area contributed by atoms with Gasteiger partial charge in [-0.25, -0.2) is 9.59 Å². The number of carbonyl (C=O) groups excluding carboxylic acids is 2.